The number of nitrogens with one attached hydrogen (secondary N) is 2. The molecule has 2 unspecified atom stereocenters. The van der Waals surface area contributed by atoms with Crippen molar-refractivity contribution in [1.29, 1.82) is 0 Å². The molecule has 0 saturated carbocycles. The van der Waals surface area contributed by atoms with Crippen LogP contribution >= 0.6 is 11.3 Å². The maximum Gasteiger partial charge on any atom is 0.407 e. The lowest BCUT2D eigenvalue weighted by molar-refractivity contribution is 0.0522. The number of fused-ring (bicyclic) bond motifs is 1. The fourth-order valence-electron chi connectivity index (χ4n) is 2.18. The van der Waals surface area contributed by atoms with Crippen LogP contribution in [0.4, 0.5) is 4.79 Å². The van der Waals surface area contributed by atoms with E-state index in [1.54, 1.807) is 11.3 Å². The van der Waals surface area contributed by atoms with Gasteiger partial charge in [-0.2, -0.15) is 0 Å². The first-order chi connectivity index (χ1) is 10.7. The smallest absolute Gasteiger partial charge is 0.407 e. The number of thiazole rings is 1. The van der Waals surface area contributed by atoms with Gasteiger partial charge in [-0.25, -0.2) is 9.78 Å². The average molecular weight is 335 g/mol. The number of para-hydroxylation sites is 1. The molecule has 6 heteroatoms. The zero-order valence-corrected chi connectivity index (χ0v) is 15.2. The van der Waals surface area contributed by atoms with Gasteiger partial charge in [-0.05, 0) is 46.8 Å². The van der Waals surface area contributed by atoms with Gasteiger partial charge in [0.15, 0.2) is 0 Å². The van der Waals surface area contributed by atoms with Crippen molar-refractivity contribution in [2.45, 2.75) is 52.3 Å². The van der Waals surface area contributed by atoms with Crippen LogP contribution in [-0.2, 0) is 4.74 Å². The van der Waals surface area contributed by atoms with Crippen LogP contribution in [0.1, 0.15) is 45.7 Å². The van der Waals surface area contributed by atoms with E-state index in [1.165, 1.54) is 4.70 Å². The lowest BCUT2D eigenvalue weighted by Crippen LogP contribution is -2.41. The SMILES string of the molecule is CC(CNC(=O)OC(C)(C)C)NC(C)c1nc2ccccc2s1. The summed E-state index contributed by atoms with van der Waals surface area (Å²) in [4.78, 5) is 16.3. The molecule has 0 aliphatic rings. The van der Waals surface area contributed by atoms with E-state index in [4.69, 9.17) is 4.74 Å². The van der Waals surface area contributed by atoms with Gasteiger partial charge in [-0.3, -0.25) is 0 Å². The molecule has 0 aliphatic carbocycles. The van der Waals surface area contributed by atoms with Crippen LogP contribution in [0.15, 0.2) is 24.3 Å². The molecule has 1 aromatic carbocycles. The summed E-state index contributed by atoms with van der Waals surface area (Å²) in [6.45, 7) is 10.2. The molecule has 2 rings (SSSR count). The highest BCUT2D eigenvalue weighted by Crippen LogP contribution is 2.26. The van der Waals surface area contributed by atoms with Crippen molar-refractivity contribution in [2.75, 3.05) is 6.54 Å². The fourth-order valence-corrected chi connectivity index (χ4v) is 3.16. The Bertz CT molecular complexity index is 630. The van der Waals surface area contributed by atoms with E-state index >= 15 is 0 Å². The number of benzene rings is 1. The van der Waals surface area contributed by atoms with Crippen LogP contribution in [0.2, 0.25) is 0 Å². The van der Waals surface area contributed by atoms with Crippen molar-refractivity contribution in [3.05, 3.63) is 29.3 Å². The molecule has 0 spiro atoms. The molecule has 23 heavy (non-hydrogen) atoms. The standard InChI is InChI=1S/C17H25N3O2S/c1-11(10-18-16(21)22-17(3,4)5)19-12(2)15-20-13-8-6-7-9-14(13)23-15/h6-9,11-12,19H,10H2,1-5H3,(H,18,21). The predicted octanol–water partition coefficient (Wildman–Crippen LogP) is 3.86. The number of hydrogen-bond acceptors (Lipinski definition) is 5. The molecule has 0 bridgehead atoms. The van der Waals surface area contributed by atoms with Crippen LogP contribution in [-0.4, -0.2) is 29.3 Å². The van der Waals surface area contributed by atoms with Gasteiger partial charge in [0.25, 0.3) is 0 Å². The molecule has 1 amide bonds. The van der Waals surface area contributed by atoms with Crippen LogP contribution in [0.5, 0.6) is 0 Å². The summed E-state index contributed by atoms with van der Waals surface area (Å²) < 4.78 is 6.42. The number of carbonyl (C=O) groups is 1. The van der Waals surface area contributed by atoms with Gasteiger partial charge in [0, 0.05) is 12.6 Å². The number of ether oxygens (including phenoxy) is 1. The van der Waals surface area contributed by atoms with Gasteiger partial charge in [0.1, 0.15) is 10.6 Å². The quantitative estimate of drug-likeness (QED) is 0.871. The zero-order chi connectivity index (χ0) is 17.0. The van der Waals surface area contributed by atoms with E-state index in [1.807, 2.05) is 45.9 Å². The molecule has 0 fully saturated rings. The number of aromatic nitrogens is 1. The number of alkyl carbamates (subject to hydrolysis) is 1. The summed E-state index contributed by atoms with van der Waals surface area (Å²) in [6.07, 6.45) is -0.390. The largest absolute Gasteiger partial charge is 0.444 e. The number of carbonyl (C=O) groups excluding carboxylic acids is 1. The maximum atomic E-state index is 11.7. The minimum absolute atomic E-state index is 0.115. The van der Waals surface area contributed by atoms with E-state index in [9.17, 15) is 4.79 Å². The van der Waals surface area contributed by atoms with Gasteiger partial charge in [0.2, 0.25) is 0 Å². The normalized spacial score (nSPS) is 14.5. The summed E-state index contributed by atoms with van der Waals surface area (Å²) in [7, 11) is 0. The first-order valence-electron chi connectivity index (χ1n) is 7.83. The number of amides is 1. The summed E-state index contributed by atoms with van der Waals surface area (Å²) >= 11 is 1.69. The lowest BCUT2D eigenvalue weighted by atomic mass is 10.2. The highest BCUT2D eigenvalue weighted by Gasteiger charge is 2.18. The Morgan fingerprint density at radius 3 is 2.65 bits per heavy atom. The fraction of sp³-hybridized carbons (Fsp3) is 0.529. The van der Waals surface area contributed by atoms with Crippen molar-refractivity contribution >= 4 is 27.6 Å². The monoisotopic (exact) mass is 335 g/mol. The highest BCUT2D eigenvalue weighted by molar-refractivity contribution is 7.18. The van der Waals surface area contributed by atoms with E-state index in [0.29, 0.717) is 6.54 Å². The lowest BCUT2D eigenvalue weighted by Gasteiger charge is -2.22. The third-order valence-electron chi connectivity index (χ3n) is 3.17. The van der Waals surface area contributed by atoms with Crippen LogP contribution in [0.3, 0.4) is 0 Å². The third kappa shape index (κ3) is 5.48. The second-order valence-electron chi connectivity index (χ2n) is 6.69. The molecular weight excluding hydrogens is 310 g/mol. The summed E-state index contributed by atoms with van der Waals surface area (Å²) in [5.74, 6) is 0. The summed E-state index contributed by atoms with van der Waals surface area (Å²) in [6, 6.07) is 8.37. The number of nitrogens with zero attached hydrogens (tertiary/aromatic N) is 1. The second kappa shape index (κ2) is 7.27. The summed E-state index contributed by atoms with van der Waals surface area (Å²) in [5, 5.41) is 7.29. The Hall–Kier alpha value is -1.66. The number of hydrogen-bond donors (Lipinski definition) is 2. The van der Waals surface area contributed by atoms with Gasteiger partial charge in [-0.1, -0.05) is 12.1 Å². The molecule has 126 valence electrons. The van der Waals surface area contributed by atoms with Gasteiger partial charge in [0.05, 0.1) is 16.3 Å². The van der Waals surface area contributed by atoms with E-state index in [2.05, 4.69) is 28.6 Å². The molecule has 2 aromatic rings. The van der Waals surface area contributed by atoms with E-state index < -0.39 is 11.7 Å². The Morgan fingerprint density at radius 1 is 1.30 bits per heavy atom. The minimum atomic E-state index is -0.477. The first-order valence-corrected chi connectivity index (χ1v) is 8.64. The number of rotatable bonds is 5. The van der Waals surface area contributed by atoms with Crippen molar-refractivity contribution in [3.63, 3.8) is 0 Å². The predicted molar refractivity (Wildman–Crippen MR) is 94.9 cm³/mol. The van der Waals surface area contributed by atoms with Crippen LogP contribution < -0.4 is 10.6 Å². The Balaban J connectivity index is 1.84. The summed E-state index contributed by atoms with van der Waals surface area (Å²) in [5.41, 5.74) is 0.551. The second-order valence-corrected chi connectivity index (χ2v) is 7.75. The Labute approximate surface area is 141 Å². The first kappa shape index (κ1) is 17.7. The molecule has 5 nitrogen and oxygen atoms in total. The Morgan fingerprint density at radius 2 is 2.00 bits per heavy atom. The minimum Gasteiger partial charge on any atom is -0.444 e. The molecule has 1 aromatic heterocycles. The molecule has 0 radical (unpaired) electrons. The Kier molecular flexibility index (Phi) is 5.59. The molecule has 2 atom stereocenters. The van der Waals surface area contributed by atoms with E-state index in [0.717, 1.165) is 10.5 Å². The van der Waals surface area contributed by atoms with Crippen molar-refractivity contribution in [2.24, 2.45) is 0 Å². The molecule has 0 aliphatic heterocycles. The molecule has 0 saturated heterocycles. The highest BCUT2D eigenvalue weighted by atomic mass is 32.1. The van der Waals surface area contributed by atoms with Crippen molar-refractivity contribution in [1.82, 2.24) is 15.6 Å². The van der Waals surface area contributed by atoms with Gasteiger partial charge >= 0.3 is 6.09 Å². The topological polar surface area (TPSA) is 63.2 Å². The van der Waals surface area contributed by atoms with Gasteiger partial charge < -0.3 is 15.4 Å². The molecule has 2 N–H and O–H groups in total. The third-order valence-corrected chi connectivity index (χ3v) is 4.39. The van der Waals surface area contributed by atoms with Crippen LogP contribution in [0, 0.1) is 0 Å². The van der Waals surface area contributed by atoms with Gasteiger partial charge in [-0.15, -0.1) is 11.3 Å². The van der Waals surface area contributed by atoms with Crippen LogP contribution in [0.25, 0.3) is 10.2 Å². The zero-order valence-electron chi connectivity index (χ0n) is 14.3. The van der Waals surface area contributed by atoms with Crippen molar-refractivity contribution < 1.29 is 9.53 Å². The molecule has 1 heterocycles. The maximum absolute atomic E-state index is 11.7. The molecular formula is C17H25N3O2S. The van der Waals surface area contributed by atoms with E-state index in [-0.39, 0.29) is 12.1 Å². The average Bonchev–Trinajstić information content (AvgIpc) is 2.87. The van der Waals surface area contributed by atoms with Crippen molar-refractivity contribution in [3.8, 4) is 0 Å².